The van der Waals surface area contributed by atoms with Crippen LogP contribution >= 0.6 is 0 Å². The molecule has 1 N–H and O–H groups in total. The Hall–Kier alpha value is -2.70. The molecule has 0 saturated heterocycles. The minimum Gasteiger partial charge on any atom is -0.467 e. The average Bonchev–Trinajstić information content (AvgIpc) is 3.00. The van der Waals surface area contributed by atoms with Crippen LogP contribution in [0.25, 0.3) is 0 Å². The lowest BCUT2D eigenvalue weighted by molar-refractivity contribution is -0.148. The van der Waals surface area contributed by atoms with Crippen LogP contribution in [0.5, 0.6) is 0 Å². The number of amides is 1. The van der Waals surface area contributed by atoms with Crippen molar-refractivity contribution in [1.29, 1.82) is 0 Å². The summed E-state index contributed by atoms with van der Waals surface area (Å²) >= 11 is 0. The summed E-state index contributed by atoms with van der Waals surface area (Å²) in [5.41, 5.74) is -0.246. The van der Waals surface area contributed by atoms with Crippen LogP contribution in [0.1, 0.15) is 27.2 Å². The van der Waals surface area contributed by atoms with Crippen LogP contribution in [-0.2, 0) is 19.1 Å². The van der Waals surface area contributed by atoms with E-state index < -0.39 is 23.5 Å². The van der Waals surface area contributed by atoms with Crippen LogP contribution in [0.2, 0.25) is 0 Å². The van der Waals surface area contributed by atoms with Gasteiger partial charge in [0.1, 0.15) is 17.3 Å². The van der Waals surface area contributed by atoms with Crippen LogP contribution in [0, 0.1) is 0 Å². The molecule has 128 valence electrons. The summed E-state index contributed by atoms with van der Waals surface area (Å²) in [5, 5.41) is 8.44. The standard InChI is InChI=1S/C17H21N3O4/c1-11(21)14-10-13(15(22)18-17(2,3)16(23)24-4)19-20(14)12-8-6-5-7-9-12/h5-9,14H,10H2,1-4H3,(H,18,22)/t14-/m0/s1. The molecule has 1 aromatic carbocycles. The second-order valence-corrected chi connectivity index (χ2v) is 6.13. The Bertz CT molecular complexity index is 682. The highest BCUT2D eigenvalue weighted by molar-refractivity contribution is 6.40. The van der Waals surface area contributed by atoms with Crippen LogP contribution in [0.3, 0.4) is 0 Å². The molecule has 1 aliphatic heterocycles. The smallest absolute Gasteiger partial charge is 0.330 e. The molecule has 7 nitrogen and oxygen atoms in total. The summed E-state index contributed by atoms with van der Waals surface area (Å²) in [6.07, 6.45) is 0.188. The number of hydrazone groups is 1. The number of ketones is 1. The molecule has 7 heteroatoms. The Morgan fingerprint density at radius 1 is 1.25 bits per heavy atom. The first kappa shape index (κ1) is 17.7. The van der Waals surface area contributed by atoms with Gasteiger partial charge >= 0.3 is 5.97 Å². The molecule has 0 aliphatic carbocycles. The Morgan fingerprint density at radius 2 is 1.88 bits per heavy atom. The fourth-order valence-electron chi connectivity index (χ4n) is 2.44. The zero-order valence-corrected chi connectivity index (χ0v) is 14.2. The van der Waals surface area contributed by atoms with Gasteiger partial charge in [-0.15, -0.1) is 0 Å². The molecule has 2 rings (SSSR count). The Morgan fingerprint density at radius 3 is 2.42 bits per heavy atom. The molecule has 0 unspecified atom stereocenters. The van der Waals surface area contributed by atoms with Gasteiger partial charge in [-0.25, -0.2) is 4.79 Å². The zero-order chi connectivity index (χ0) is 17.9. The highest BCUT2D eigenvalue weighted by atomic mass is 16.5. The molecule has 1 aliphatic rings. The summed E-state index contributed by atoms with van der Waals surface area (Å²) in [4.78, 5) is 36.1. The molecule has 0 saturated carbocycles. The number of ether oxygens (including phenoxy) is 1. The number of para-hydroxylation sites is 1. The van der Waals surface area contributed by atoms with E-state index in [1.165, 1.54) is 14.0 Å². The van der Waals surface area contributed by atoms with Gasteiger partial charge in [-0.2, -0.15) is 5.10 Å². The number of methoxy groups -OCH3 is 1. The number of rotatable bonds is 5. The van der Waals surface area contributed by atoms with E-state index in [2.05, 4.69) is 15.2 Å². The van der Waals surface area contributed by atoms with Crippen molar-refractivity contribution in [1.82, 2.24) is 5.32 Å². The minimum atomic E-state index is -1.18. The van der Waals surface area contributed by atoms with Crippen molar-refractivity contribution >= 4 is 29.1 Å². The van der Waals surface area contributed by atoms with Gasteiger partial charge in [-0.3, -0.25) is 14.6 Å². The Balaban J connectivity index is 2.23. The van der Waals surface area contributed by atoms with Gasteiger partial charge in [0.15, 0.2) is 5.78 Å². The maximum absolute atomic E-state index is 12.4. The van der Waals surface area contributed by atoms with E-state index in [1.54, 1.807) is 18.9 Å². The van der Waals surface area contributed by atoms with Crippen molar-refractivity contribution in [2.45, 2.75) is 38.8 Å². The van der Waals surface area contributed by atoms with Gasteiger partial charge in [0.25, 0.3) is 5.91 Å². The SMILES string of the molecule is COC(=O)C(C)(C)NC(=O)C1=NN(c2ccccc2)[C@H](C(C)=O)C1. The largest absolute Gasteiger partial charge is 0.467 e. The van der Waals surface area contributed by atoms with E-state index in [0.29, 0.717) is 0 Å². The number of nitrogens with zero attached hydrogens (tertiary/aromatic N) is 2. The van der Waals surface area contributed by atoms with Crippen molar-refractivity contribution < 1.29 is 19.1 Å². The number of hydrogen-bond donors (Lipinski definition) is 1. The molecule has 0 bridgehead atoms. The van der Waals surface area contributed by atoms with Crippen molar-refractivity contribution in [2.75, 3.05) is 12.1 Å². The number of carbonyl (C=O) groups excluding carboxylic acids is 3. The van der Waals surface area contributed by atoms with E-state index in [0.717, 1.165) is 5.69 Å². The lowest BCUT2D eigenvalue weighted by atomic mass is 10.0. The van der Waals surface area contributed by atoms with Crippen molar-refractivity contribution in [3.63, 3.8) is 0 Å². The molecular weight excluding hydrogens is 310 g/mol. The molecule has 0 fully saturated rings. The molecular formula is C17H21N3O4. The van der Waals surface area contributed by atoms with Crippen LogP contribution in [0.15, 0.2) is 35.4 Å². The van der Waals surface area contributed by atoms with Crippen molar-refractivity contribution in [3.8, 4) is 0 Å². The lowest BCUT2D eigenvalue weighted by Gasteiger charge is -2.22. The van der Waals surface area contributed by atoms with Crippen molar-refractivity contribution in [3.05, 3.63) is 30.3 Å². The average molecular weight is 331 g/mol. The highest BCUT2D eigenvalue weighted by Gasteiger charge is 2.37. The van der Waals surface area contributed by atoms with Crippen LogP contribution in [0.4, 0.5) is 5.69 Å². The number of Topliss-reactive ketones (excluding diaryl/α,β-unsaturated/α-hetero) is 1. The van der Waals surface area contributed by atoms with Crippen LogP contribution < -0.4 is 10.3 Å². The number of nitrogens with one attached hydrogen (secondary N) is 1. The first-order valence-electron chi connectivity index (χ1n) is 7.59. The summed E-state index contributed by atoms with van der Waals surface area (Å²) in [7, 11) is 1.26. The number of carbonyl (C=O) groups is 3. The van der Waals surface area contributed by atoms with Gasteiger partial charge in [-0.1, -0.05) is 18.2 Å². The maximum atomic E-state index is 12.4. The third-order valence-electron chi connectivity index (χ3n) is 3.78. The predicted molar refractivity (Wildman–Crippen MR) is 89.7 cm³/mol. The number of benzene rings is 1. The minimum absolute atomic E-state index is 0.0855. The topological polar surface area (TPSA) is 88.1 Å². The fraction of sp³-hybridized carbons (Fsp3) is 0.412. The van der Waals surface area contributed by atoms with Gasteiger partial charge in [-0.05, 0) is 32.9 Å². The molecule has 1 aromatic rings. The second-order valence-electron chi connectivity index (χ2n) is 6.13. The quantitative estimate of drug-likeness (QED) is 0.821. The van der Waals surface area contributed by atoms with Gasteiger partial charge in [0.05, 0.1) is 12.8 Å². The third kappa shape index (κ3) is 3.61. The normalized spacial score (nSPS) is 17.2. The molecule has 0 radical (unpaired) electrons. The zero-order valence-electron chi connectivity index (χ0n) is 14.2. The second kappa shape index (κ2) is 6.82. The van der Waals surface area contributed by atoms with Gasteiger partial charge < -0.3 is 10.1 Å². The Kier molecular flexibility index (Phi) is 5.02. The highest BCUT2D eigenvalue weighted by Crippen LogP contribution is 2.25. The van der Waals surface area contributed by atoms with E-state index in [1.807, 2.05) is 30.3 Å². The van der Waals surface area contributed by atoms with E-state index in [-0.39, 0.29) is 17.9 Å². The van der Waals surface area contributed by atoms with Gasteiger partial charge in [0.2, 0.25) is 0 Å². The summed E-state index contributed by atoms with van der Waals surface area (Å²) in [6.45, 7) is 4.56. The third-order valence-corrected chi connectivity index (χ3v) is 3.78. The van der Waals surface area contributed by atoms with Gasteiger partial charge in [0, 0.05) is 6.42 Å². The lowest BCUT2D eigenvalue weighted by Crippen LogP contribution is -2.52. The molecule has 0 spiro atoms. The molecule has 24 heavy (non-hydrogen) atoms. The summed E-state index contributed by atoms with van der Waals surface area (Å²) in [5.74, 6) is -1.13. The fourth-order valence-corrected chi connectivity index (χ4v) is 2.44. The number of hydrogen-bond acceptors (Lipinski definition) is 6. The maximum Gasteiger partial charge on any atom is 0.330 e. The number of anilines is 1. The molecule has 1 amide bonds. The molecule has 1 heterocycles. The predicted octanol–water partition coefficient (Wildman–Crippen LogP) is 1.28. The summed E-state index contributed by atoms with van der Waals surface area (Å²) in [6, 6.07) is 8.63. The van der Waals surface area contributed by atoms with Crippen molar-refractivity contribution in [2.24, 2.45) is 5.10 Å². The first-order valence-corrected chi connectivity index (χ1v) is 7.59. The summed E-state index contributed by atoms with van der Waals surface area (Å²) < 4.78 is 4.67. The van der Waals surface area contributed by atoms with E-state index >= 15 is 0 Å². The van der Waals surface area contributed by atoms with E-state index in [4.69, 9.17) is 0 Å². The monoisotopic (exact) mass is 331 g/mol. The van der Waals surface area contributed by atoms with E-state index in [9.17, 15) is 14.4 Å². The van der Waals surface area contributed by atoms with Crippen LogP contribution in [-0.4, -0.2) is 42.1 Å². The number of esters is 1. The molecule has 1 atom stereocenters. The first-order chi connectivity index (χ1) is 11.3. The molecule has 0 aromatic heterocycles. The Labute approximate surface area is 140 Å².